The molecule has 2 amide bonds. The van der Waals surface area contributed by atoms with Gasteiger partial charge in [-0.1, -0.05) is 18.2 Å². The molecule has 0 aromatic heterocycles. The molecule has 0 fully saturated rings. The van der Waals surface area contributed by atoms with Gasteiger partial charge in [0, 0.05) is 19.6 Å². The number of para-hydroxylation sites is 1. The van der Waals surface area contributed by atoms with Crippen LogP contribution in [0.2, 0.25) is 0 Å². The smallest absolute Gasteiger partial charge is 0.267 e. The molecule has 1 aromatic rings. The van der Waals surface area contributed by atoms with E-state index in [2.05, 4.69) is 10.4 Å². The van der Waals surface area contributed by atoms with Crippen LogP contribution in [0.3, 0.4) is 0 Å². The molecule has 0 saturated heterocycles. The van der Waals surface area contributed by atoms with Gasteiger partial charge in [-0.2, -0.15) is 5.10 Å². The Balaban J connectivity index is 2.14. The van der Waals surface area contributed by atoms with E-state index in [0.29, 0.717) is 18.7 Å². The van der Waals surface area contributed by atoms with E-state index in [9.17, 15) is 9.59 Å². The van der Waals surface area contributed by atoms with Gasteiger partial charge in [0.1, 0.15) is 11.8 Å². The van der Waals surface area contributed by atoms with Crippen LogP contribution in [-0.4, -0.2) is 41.8 Å². The third-order valence-electron chi connectivity index (χ3n) is 3.14. The summed E-state index contributed by atoms with van der Waals surface area (Å²) in [6.07, 6.45) is 0.649. The number of carbonyl (C=O) groups is 2. The van der Waals surface area contributed by atoms with Crippen LogP contribution in [0.25, 0.3) is 0 Å². The summed E-state index contributed by atoms with van der Waals surface area (Å²) >= 11 is 0. The predicted octanol–water partition coefficient (Wildman–Crippen LogP) is -0.395. The van der Waals surface area contributed by atoms with Crippen LogP contribution < -0.4 is 16.1 Å². The Bertz CT molecular complexity index is 544. The number of carbonyl (C=O) groups excluding carboxylic acids is 2. The number of aliphatic hydroxyl groups is 1. The molecule has 1 heterocycles. The van der Waals surface area contributed by atoms with Crippen LogP contribution in [0, 0.1) is 0 Å². The third-order valence-corrected chi connectivity index (χ3v) is 3.14. The van der Waals surface area contributed by atoms with Crippen molar-refractivity contribution in [2.45, 2.75) is 18.9 Å². The van der Waals surface area contributed by atoms with Crippen LogP contribution in [-0.2, 0) is 9.59 Å². The summed E-state index contributed by atoms with van der Waals surface area (Å²) in [5.74, 6) is -0.867. The van der Waals surface area contributed by atoms with Crippen LogP contribution in [0.15, 0.2) is 35.4 Å². The lowest BCUT2D eigenvalue weighted by Gasteiger charge is -2.20. The number of amides is 2. The Labute approximate surface area is 122 Å². The zero-order valence-corrected chi connectivity index (χ0v) is 11.5. The Hall–Kier alpha value is -2.41. The van der Waals surface area contributed by atoms with Gasteiger partial charge in [-0.25, -0.2) is 0 Å². The minimum absolute atomic E-state index is 0.00675. The molecule has 1 aromatic carbocycles. The first kappa shape index (κ1) is 15.0. The molecule has 21 heavy (non-hydrogen) atoms. The highest BCUT2D eigenvalue weighted by atomic mass is 16.3. The van der Waals surface area contributed by atoms with Crippen molar-refractivity contribution in [3.63, 3.8) is 0 Å². The molecule has 0 bridgehead atoms. The molecular weight excluding hydrogens is 272 g/mol. The second kappa shape index (κ2) is 6.85. The molecule has 1 unspecified atom stereocenters. The first-order valence-electron chi connectivity index (χ1n) is 6.73. The highest BCUT2D eigenvalue weighted by molar-refractivity contribution is 6.40. The van der Waals surface area contributed by atoms with Gasteiger partial charge in [0.25, 0.3) is 5.91 Å². The SMILES string of the molecule is NC(=O)C1CC(C(=O)NCCCO)=NN1c1ccccc1. The number of benzene rings is 1. The summed E-state index contributed by atoms with van der Waals surface area (Å²) < 4.78 is 0. The number of rotatable bonds is 6. The molecule has 1 aliphatic heterocycles. The summed E-state index contributed by atoms with van der Waals surface area (Å²) in [5, 5.41) is 17.0. The zero-order chi connectivity index (χ0) is 15.2. The molecule has 0 spiro atoms. The largest absolute Gasteiger partial charge is 0.396 e. The van der Waals surface area contributed by atoms with E-state index in [-0.39, 0.29) is 24.6 Å². The maximum atomic E-state index is 12.0. The molecule has 0 aliphatic carbocycles. The molecule has 7 nitrogen and oxygen atoms in total. The number of nitrogens with two attached hydrogens (primary N) is 1. The molecule has 2 rings (SSSR count). The fourth-order valence-electron chi connectivity index (χ4n) is 2.07. The molecular formula is C14H18N4O3. The van der Waals surface area contributed by atoms with Gasteiger partial charge in [0.05, 0.1) is 5.69 Å². The molecule has 112 valence electrons. The van der Waals surface area contributed by atoms with Crippen molar-refractivity contribution in [2.75, 3.05) is 18.2 Å². The van der Waals surface area contributed by atoms with E-state index in [1.54, 1.807) is 12.1 Å². The van der Waals surface area contributed by atoms with E-state index in [1.165, 1.54) is 5.01 Å². The van der Waals surface area contributed by atoms with Gasteiger partial charge in [-0.05, 0) is 18.6 Å². The number of anilines is 1. The van der Waals surface area contributed by atoms with Gasteiger partial charge in [-0.3, -0.25) is 14.6 Å². The predicted molar refractivity (Wildman–Crippen MR) is 78.7 cm³/mol. The number of nitrogens with zero attached hydrogens (tertiary/aromatic N) is 2. The Kier molecular flexibility index (Phi) is 4.89. The Morgan fingerprint density at radius 3 is 2.71 bits per heavy atom. The topological polar surface area (TPSA) is 108 Å². The average Bonchev–Trinajstić information content (AvgIpc) is 2.94. The molecule has 4 N–H and O–H groups in total. The van der Waals surface area contributed by atoms with Crippen molar-refractivity contribution >= 4 is 23.2 Å². The molecule has 1 aliphatic rings. The fraction of sp³-hybridized carbons (Fsp3) is 0.357. The summed E-state index contributed by atoms with van der Waals surface area (Å²) in [7, 11) is 0. The molecule has 7 heteroatoms. The molecule has 1 atom stereocenters. The first-order valence-corrected chi connectivity index (χ1v) is 6.73. The lowest BCUT2D eigenvalue weighted by Crippen LogP contribution is -2.40. The minimum Gasteiger partial charge on any atom is -0.396 e. The third kappa shape index (κ3) is 3.57. The fourth-order valence-corrected chi connectivity index (χ4v) is 2.07. The zero-order valence-electron chi connectivity index (χ0n) is 11.5. The van der Waals surface area contributed by atoms with Crippen LogP contribution in [0.4, 0.5) is 5.69 Å². The highest BCUT2D eigenvalue weighted by Crippen LogP contribution is 2.24. The quantitative estimate of drug-likeness (QED) is 0.620. The number of hydrogen-bond acceptors (Lipinski definition) is 5. The van der Waals surface area contributed by atoms with Crippen LogP contribution in [0.5, 0.6) is 0 Å². The van der Waals surface area contributed by atoms with Crippen molar-refractivity contribution in [3.05, 3.63) is 30.3 Å². The lowest BCUT2D eigenvalue weighted by atomic mass is 10.1. The van der Waals surface area contributed by atoms with E-state index in [0.717, 1.165) is 0 Å². The van der Waals surface area contributed by atoms with Crippen molar-refractivity contribution in [3.8, 4) is 0 Å². The second-order valence-electron chi connectivity index (χ2n) is 4.68. The van der Waals surface area contributed by atoms with Crippen molar-refractivity contribution in [2.24, 2.45) is 10.8 Å². The van der Waals surface area contributed by atoms with Crippen molar-refractivity contribution in [1.29, 1.82) is 0 Å². The van der Waals surface area contributed by atoms with Crippen molar-refractivity contribution < 1.29 is 14.7 Å². The second-order valence-corrected chi connectivity index (χ2v) is 4.68. The van der Waals surface area contributed by atoms with Gasteiger partial charge >= 0.3 is 0 Å². The number of primary amides is 1. The summed E-state index contributed by atoms with van der Waals surface area (Å²) in [4.78, 5) is 23.5. The summed E-state index contributed by atoms with van der Waals surface area (Å²) in [6.45, 7) is 0.369. The summed E-state index contributed by atoms with van der Waals surface area (Å²) in [5.41, 5.74) is 6.36. The number of hydrazone groups is 1. The van der Waals surface area contributed by atoms with E-state index < -0.39 is 11.9 Å². The van der Waals surface area contributed by atoms with Gasteiger partial charge < -0.3 is 16.2 Å². The molecule has 0 radical (unpaired) electrons. The number of aliphatic hydroxyl groups excluding tert-OH is 1. The van der Waals surface area contributed by atoms with E-state index in [1.807, 2.05) is 18.2 Å². The van der Waals surface area contributed by atoms with E-state index in [4.69, 9.17) is 10.8 Å². The maximum Gasteiger partial charge on any atom is 0.267 e. The standard InChI is InChI=1S/C14H18N4O3/c15-13(20)12-9-11(14(21)16-7-4-8-19)17-18(12)10-5-2-1-3-6-10/h1-3,5-6,12,19H,4,7-9H2,(H2,15,20)(H,16,21). The Morgan fingerprint density at radius 1 is 1.38 bits per heavy atom. The maximum absolute atomic E-state index is 12.0. The van der Waals surface area contributed by atoms with Gasteiger partial charge in [-0.15, -0.1) is 0 Å². The number of hydrogen-bond donors (Lipinski definition) is 3. The van der Waals surface area contributed by atoms with Gasteiger partial charge in [0.2, 0.25) is 5.91 Å². The average molecular weight is 290 g/mol. The lowest BCUT2D eigenvalue weighted by molar-refractivity contribution is -0.119. The van der Waals surface area contributed by atoms with E-state index >= 15 is 0 Å². The van der Waals surface area contributed by atoms with Crippen LogP contribution >= 0.6 is 0 Å². The van der Waals surface area contributed by atoms with Crippen molar-refractivity contribution in [1.82, 2.24) is 5.32 Å². The van der Waals surface area contributed by atoms with Gasteiger partial charge in [0.15, 0.2) is 0 Å². The first-order chi connectivity index (χ1) is 10.1. The molecule has 0 saturated carbocycles. The monoisotopic (exact) mass is 290 g/mol. The Morgan fingerprint density at radius 2 is 2.10 bits per heavy atom. The summed E-state index contributed by atoms with van der Waals surface area (Å²) in [6, 6.07) is 8.43. The van der Waals surface area contributed by atoms with Crippen LogP contribution in [0.1, 0.15) is 12.8 Å². The normalized spacial score (nSPS) is 17.5. The highest BCUT2D eigenvalue weighted by Gasteiger charge is 2.34. The number of nitrogens with one attached hydrogen (secondary N) is 1. The minimum atomic E-state index is -0.661.